The molecule has 0 saturated carbocycles. The largest absolute Gasteiger partial charge is 0.482 e. The number of aromatic nitrogens is 1. The third-order valence-electron chi connectivity index (χ3n) is 2.53. The van der Waals surface area contributed by atoms with E-state index in [4.69, 9.17) is 33.2 Å². The van der Waals surface area contributed by atoms with Crippen LogP contribution in [0.4, 0.5) is 5.69 Å². The molecule has 0 amide bonds. The summed E-state index contributed by atoms with van der Waals surface area (Å²) in [5, 5.41) is 20.0. The summed E-state index contributed by atoms with van der Waals surface area (Å²) in [5.74, 6) is 0.00437. The first-order valence-corrected chi connectivity index (χ1v) is 6.38. The molecule has 1 aromatic heterocycles. The highest BCUT2D eigenvalue weighted by molar-refractivity contribution is 6.42. The minimum Gasteiger partial charge on any atom is -0.482 e. The molecule has 0 aliphatic carbocycles. The van der Waals surface area contributed by atoms with Gasteiger partial charge >= 0.3 is 5.69 Å². The first-order chi connectivity index (χ1) is 10.0. The van der Waals surface area contributed by atoms with Crippen molar-refractivity contribution in [1.29, 1.82) is 5.26 Å². The fourth-order valence-corrected chi connectivity index (χ4v) is 1.87. The van der Waals surface area contributed by atoms with Crippen molar-refractivity contribution in [3.63, 3.8) is 0 Å². The van der Waals surface area contributed by atoms with Gasteiger partial charge in [0, 0.05) is 18.3 Å². The Morgan fingerprint density at radius 2 is 2.05 bits per heavy atom. The van der Waals surface area contributed by atoms with E-state index in [-0.39, 0.29) is 33.8 Å². The van der Waals surface area contributed by atoms with E-state index in [1.54, 1.807) is 6.07 Å². The van der Waals surface area contributed by atoms with Crippen molar-refractivity contribution in [3.8, 4) is 11.8 Å². The second-order valence-corrected chi connectivity index (χ2v) is 4.76. The van der Waals surface area contributed by atoms with Crippen molar-refractivity contribution < 1.29 is 9.66 Å². The summed E-state index contributed by atoms with van der Waals surface area (Å²) >= 11 is 11.6. The minimum absolute atomic E-state index is 0.00437. The lowest BCUT2D eigenvalue weighted by Crippen LogP contribution is -2.00. The highest BCUT2D eigenvalue weighted by atomic mass is 35.5. The van der Waals surface area contributed by atoms with E-state index in [0.29, 0.717) is 5.56 Å². The molecular formula is C13H7Cl2N3O3. The maximum Gasteiger partial charge on any atom is 0.312 e. The van der Waals surface area contributed by atoms with Crippen LogP contribution in [-0.4, -0.2) is 9.91 Å². The molecule has 0 aliphatic heterocycles. The van der Waals surface area contributed by atoms with Gasteiger partial charge in [0.15, 0.2) is 5.75 Å². The Balaban J connectivity index is 2.25. The molecule has 106 valence electrons. The van der Waals surface area contributed by atoms with Gasteiger partial charge in [0.1, 0.15) is 18.4 Å². The number of ether oxygens (including phenoxy) is 1. The van der Waals surface area contributed by atoms with Crippen molar-refractivity contribution in [2.45, 2.75) is 6.61 Å². The van der Waals surface area contributed by atoms with E-state index in [0.717, 1.165) is 6.07 Å². The monoisotopic (exact) mass is 323 g/mol. The fourth-order valence-electron chi connectivity index (χ4n) is 1.56. The van der Waals surface area contributed by atoms with Crippen molar-refractivity contribution in [1.82, 2.24) is 4.98 Å². The molecule has 0 saturated heterocycles. The van der Waals surface area contributed by atoms with Gasteiger partial charge in [0.2, 0.25) is 0 Å². The van der Waals surface area contributed by atoms with Gasteiger partial charge in [-0.1, -0.05) is 23.2 Å². The maximum atomic E-state index is 11.0. The Morgan fingerprint density at radius 1 is 1.33 bits per heavy atom. The van der Waals surface area contributed by atoms with Gasteiger partial charge in [-0.3, -0.25) is 10.1 Å². The molecule has 1 heterocycles. The number of nitro benzene ring substituents is 1. The predicted molar refractivity (Wildman–Crippen MR) is 76.4 cm³/mol. The molecule has 0 atom stereocenters. The van der Waals surface area contributed by atoms with Crippen LogP contribution in [0.25, 0.3) is 0 Å². The molecule has 0 spiro atoms. The van der Waals surface area contributed by atoms with Gasteiger partial charge < -0.3 is 4.74 Å². The molecule has 0 aliphatic rings. The summed E-state index contributed by atoms with van der Waals surface area (Å²) < 4.78 is 5.40. The average Bonchev–Trinajstić information content (AvgIpc) is 2.48. The van der Waals surface area contributed by atoms with Gasteiger partial charge in [-0.25, -0.2) is 4.98 Å². The fraction of sp³-hybridized carbons (Fsp3) is 0.0769. The summed E-state index contributed by atoms with van der Waals surface area (Å²) in [6.07, 6.45) is 1.46. The highest BCUT2D eigenvalue weighted by Gasteiger charge is 2.18. The molecule has 1 aromatic carbocycles. The number of hydrogen-bond acceptors (Lipinski definition) is 5. The van der Waals surface area contributed by atoms with Gasteiger partial charge in [0.25, 0.3) is 0 Å². The van der Waals surface area contributed by atoms with Crippen LogP contribution in [-0.2, 0) is 6.61 Å². The summed E-state index contributed by atoms with van der Waals surface area (Å²) in [6.45, 7) is 0.0377. The van der Waals surface area contributed by atoms with Crippen LogP contribution in [0.5, 0.6) is 5.75 Å². The molecule has 0 bridgehead atoms. The lowest BCUT2D eigenvalue weighted by Gasteiger charge is -2.08. The van der Waals surface area contributed by atoms with Crippen LogP contribution in [0.3, 0.4) is 0 Å². The minimum atomic E-state index is -0.606. The van der Waals surface area contributed by atoms with E-state index >= 15 is 0 Å². The molecule has 2 rings (SSSR count). The van der Waals surface area contributed by atoms with Gasteiger partial charge in [-0.2, -0.15) is 5.26 Å². The van der Waals surface area contributed by atoms with E-state index < -0.39 is 4.92 Å². The number of nitriles is 1. The third-order valence-corrected chi connectivity index (χ3v) is 3.25. The molecule has 0 radical (unpaired) electrons. The predicted octanol–water partition coefficient (Wildman–Crippen LogP) is 3.75. The van der Waals surface area contributed by atoms with E-state index in [1.807, 2.05) is 6.07 Å². The Kier molecular flexibility index (Phi) is 4.58. The number of benzene rings is 1. The van der Waals surface area contributed by atoms with Crippen molar-refractivity contribution in [3.05, 3.63) is 61.9 Å². The van der Waals surface area contributed by atoms with E-state index in [9.17, 15) is 10.1 Å². The summed E-state index contributed by atoms with van der Waals surface area (Å²) in [4.78, 5) is 14.2. The smallest absolute Gasteiger partial charge is 0.312 e. The molecule has 0 N–H and O–H groups in total. The molecule has 2 aromatic rings. The van der Waals surface area contributed by atoms with Crippen LogP contribution in [0.1, 0.15) is 11.3 Å². The Bertz CT molecular complexity index is 744. The van der Waals surface area contributed by atoms with Gasteiger partial charge in [-0.15, -0.1) is 0 Å². The normalized spacial score (nSPS) is 9.95. The second kappa shape index (κ2) is 6.39. The summed E-state index contributed by atoms with van der Waals surface area (Å²) in [6, 6.07) is 7.49. The molecule has 0 fully saturated rings. The quantitative estimate of drug-likeness (QED) is 0.631. The van der Waals surface area contributed by atoms with Crippen LogP contribution < -0.4 is 4.74 Å². The number of nitrogens with zero attached hydrogens (tertiary/aromatic N) is 3. The van der Waals surface area contributed by atoms with E-state index in [1.165, 1.54) is 18.3 Å². The van der Waals surface area contributed by atoms with Crippen molar-refractivity contribution in [2.24, 2.45) is 0 Å². The first kappa shape index (κ1) is 15.0. The standard InChI is InChI=1S/C13H7Cl2N3O3/c14-10-4-12(18(19)20)13(5-11(10)15)21-7-8-1-2-17-9(3-8)6-16/h1-5H,7H2. The molecule has 8 heteroatoms. The third kappa shape index (κ3) is 3.60. The van der Waals surface area contributed by atoms with E-state index in [2.05, 4.69) is 4.98 Å². The maximum absolute atomic E-state index is 11.0. The molecule has 21 heavy (non-hydrogen) atoms. The SMILES string of the molecule is N#Cc1cc(COc2cc(Cl)c(Cl)cc2[N+](=O)[O-])ccn1. The number of hydrogen-bond donors (Lipinski definition) is 0. The zero-order valence-corrected chi connectivity index (χ0v) is 11.9. The van der Waals surface area contributed by atoms with Crippen molar-refractivity contribution in [2.75, 3.05) is 0 Å². The number of halogens is 2. The highest BCUT2D eigenvalue weighted by Crippen LogP contribution is 2.36. The number of pyridine rings is 1. The summed E-state index contributed by atoms with van der Waals surface area (Å²) in [5.41, 5.74) is 0.612. The van der Waals surface area contributed by atoms with Crippen LogP contribution in [0.15, 0.2) is 30.5 Å². The van der Waals surface area contributed by atoms with Crippen LogP contribution >= 0.6 is 23.2 Å². The zero-order valence-electron chi connectivity index (χ0n) is 10.4. The Labute approximate surface area is 129 Å². The molecule has 6 nitrogen and oxygen atoms in total. The number of rotatable bonds is 4. The molecule has 0 unspecified atom stereocenters. The van der Waals surface area contributed by atoms with Gasteiger partial charge in [0.05, 0.1) is 15.0 Å². The van der Waals surface area contributed by atoms with Crippen LogP contribution in [0, 0.1) is 21.4 Å². The summed E-state index contributed by atoms with van der Waals surface area (Å²) in [7, 11) is 0. The lowest BCUT2D eigenvalue weighted by atomic mass is 10.2. The topological polar surface area (TPSA) is 89.0 Å². The first-order valence-electron chi connectivity index (χ1n) is 5.62. The van der Waals surface area contributed by atoms with Gasteiger partial charge in [-0.05, 0) is 17.7 Å². The zero-order chi connectivity index (χ0) is 15.4. The van der Waals surface area contributed by atoms with Crippen molar-refractivity contribution >= 4 is 28.9 Å². The Morgan fingerprint density at radius 3 is 2.71 bits per heavy atom. The van der Waals surface area contributed by atoms with Crippen LogP contribution in [0.2, 0.25) is 10.0 Å². The Hall–Kier alpha value is -2.36. The lowest BCUT2D eigenvalue weighted by molar-refractivity contribution is -0.385. The second-order valence-electron chi connectivity index (χ2n) is 3.94. The number of nitro groups is 1. The molecular weight excluding hydrogens is 317 g/mol. The average molecular weight is 324 g/mol.